The van der Waals surface area contributed by atoms with Crippen molar-refractivity contribution in [3.8, 4) is 17.2 Å². The molecular formula is C30H35NO6. The van der Waals surface area contributed by atoms with E-state index < -0.39 is 5.97 Å². The van der Waals surface area contributed by atoms with E-state index in [4.69, 9.17) is 14.2 Å². The van der Waals surface area contributed by atoms with Crippen molar-refractivity contribution in [2.45, 2.75) is 45.8 Å². The van der Waals surface area contributed by atoms with Gasteiger partial charge in [-0.15, -0.1) is 0 Å². The standard InChI is InChI=1S/C30H35NO6/c1-4-5-19-31(20-23-10-8-12-27(35-2)29(23)36-3)28(32)18-15-22-13-16-25(17-14-22)37-21-24-9-6-7-11-26(24)30(33)34/h6-14,16-17H,4-5,15,18-21H2,1-3H3,(H,33,34). The molecule has 0 unspecified atom stereocenters. The van der Waals surface area contributed by atoms with Crippen LogP contribution in [0.25, 0.3) is 0 Å². The summed E-state index contributed by atoms with van der Waals surface area (Å²) in [6.45, 7) is 3.42. The van der Waals surface area contributed by atoms with Gasteiger partial charge in [0.2, 0.25) is 5.91 Å². The Morgan fingerprint density at radius 2 is 1.62 bits per heavy atom. The lowest BCUT2D eigenvalue weighted by Gasteiger charge is -2.24. The molecule has 0 heterocycles. The van der Waals surface area contributed by atoms with E-state index in [0.29, 0.717) is 48.7 Å². The second-order valence-electron chi connectivity index (χ2n) is 8.72. The van der Waals surface area contributed by atoms with Gasteiger partial charge in [-0.05, 0) is 42.7 Å². The van der Waals surface area contributed by atoms with E-state index >= 15 is 0 Å². The molecule has 0 aromatic heterocycles. The monoisotopic (exact) mass is 505 g/mol. The normalized spacial score (nSPS) is 10.6. The topological polar surface area (TPSA) is 85.3 Å². The smallest absolute Gasteiger partial charge is 0.336 e. The molecule has 7 nitrogen and oxygen atoms in total. The summed E-state index contributed by atoms with van der Waals surface area (Å²) in [6, 6.07) is 20.1. The Morgan fingerprint density at radius 3 is 2.30 bits per heavy atom. The molecule has 196 valence electrons. The summed E-state index contributed by atoms with van der Waals surface area (Å²) in [5, 5.41) is 9.32. The van der Waals surface area contributed by atoms with Gasteiger partial charge in [0, 0.05) is 30.6 Å². The number of aryl methyl sites for hydroxylation is 1. The maximum atomic E-state index is 13.2. The highest BCUT2D eigenvalue weighted by Crippen LogP contribution is 2.31. The lowest BCUT2D eigenvalue weighted by molar-refractivity contribution is -0.131. The number of para-hydroxylation sites is 1. The Hall–Kier alpha value is -4.00. The van der Waals surface area contributed by atoms with Gasteiger partial charge in [-0.2, -0.15) is 0 Å². The van der Waals surface area contributed by atoms with Gasteiger partial charge in [0.05, 0.1) is 19.8 Å². The van der Waals surface area contributed by atoms with Crippen molar-refractivity contribution in [1.82, 2.24) is 4.90 Å². The first kappa shape index (κ1) is 27.6. The molecule has 0 spiro atoms. The third-order valence-electron chi connectivity index (χ3n) is 6.17. The maximum Gasteiger partial charge on any atom is 0.336 e. The number of nitrogens with zero attached hydrogens (tertiary/aromatic N) is 1. The molecule has 1 N–H and O–H groups in total. The van der Waals surface area contributed by atoms with Gasteiger partial charge < -0.3 is 24.2 Å². The van der Waals surface area contributed by atoms with E-state index in [-0.39, 0.29) is 18.1 Å². The average molecular weight is 506 g/mol. The summed E-state index contributed by atoms with van der Waals surface area (Å²) >= 11 is 0. The zero-order valence-corrected chi connectivity index (χ0v) is 21.7. The van der Waals surface area contributed by atoms with Gasteiger partial charge in [-0.25, -0.2) is 4.79 Å². The second-order valence-corrected chi connectivity index (χ2v) is 8.72. The van der Waals surface area contributed by atoms with Crippen molar-refractivity contribution < 1.29 is 28.9 Å². The van der Waals surface area contributed by atoms with Gasteiger partial charge in [0.15, 0.2) is 11.5 Å². The van der Waals surface area contributed by atoms with Crippen LogP contribution in [0.3, 0.4) is 0 Å². The number of carbonyl (C=O) groups excluding carboxylic acids is 1. The number of carboxylic acid groups (broad SMARTS) is 1. The maximum absolute atomic E-state index is 13.2. The van der Waals surface area contributed by atoms with Crippen LogP contribution in [0.1, 0.15) is 53.2 Å². The van der Waals surface area contributed by atoms with Gasteiger partial charge in [0.25, 0.3) is 0 Å². The molecule has 1 amide bonds. The van der Waals surface area contributed by atoms with Gasteiger partial charge in [-0.1, -0.05) is 55.8 Å². The Labute approximate surface area is 218 Å². The molecule has 0 saturated heterocycles. The van der Waals surface area contributed by atoms with Crippen molar-refractivity contribution in [3.05, 3.63) is 89.0 Å². The number of carboxylic acids is 1. The van der Waals surface area contributed by atoms with E-state index in [1.165, 1.54) is 0 Å². The first-order chi connectivity index (χ1) is 18.0. The summed E-state index contributed by atoms with van der Waals surface area (Å²) in [6.07, 6.45) is 2.92. The number of amides is 1. The third kappa shape index (κ3) is 7.74. The van der Waals surface area contributed by atoms with Gasteiger partial charge in [0.1, 0.15) is 12.4 Å². The van der Waals surface area contributed by atoms with Crippen LogP contribution in [0.2, 0.25) is 0 Å². The lowest BCUT2D eigenvalue weighted by Crippen LogP contribution is -2.31. The summed E-state index contributed by atoms with van der Waals surface area (Å²) in [7, 11) is 3.21. The fraction of sp³-hybridized carbons (Fsp3) is 0.333. The summed E-state index contributed by atoms with van der Waals surface area (Å²) in [5.74, 6) is 1.06. The second kappa shape index (κ2) is 13.9. The minimum absolute atomic E-state index is 0.0870. The van der Waals surface area contributed by atoms with Crippen molar-refractivity contribution in [2.24, 2.45) is 0 Å². The Morgan fingerprint density at radius 1 is 0.892 bits per heavy atom. The highest BCUT2D eigenvalue weighted by Gasteiger charge is 2.18. The third-order valence-corrected chi connectivity index (χ3v) is 6.17. The van der Waals surface area contributed by atoms with E-state index in [9.17, 15) is 14.7 Å². The Kier molecular flexibility index (Phi) is 10.4. The molecule has 3 rings (SSSR count). The molecule has 3 aromatic carbocycles. The zero-order chi connectivity index (χ0) is 26.6. The molecule has 7 heteroatoms. The van der Waals surface area contributed by atoms with E-state index in [0.717, 1.165) is 24.0 Å². The molecule has 0 aliphatic rings. The molecule has 0 fully saturated rings. The molecule has 0 bridgehead atoms. The first-order valence-corrected chi connectivity index (χ1v) is 12.5. The van der Waals surface area contributed by atoms with Crippen LogP contribution in [0, 0.1) is 0 Å². The SMILES string of the molecule is CCCCN(Cc1cccc(OC)c1OC)C(=O)CCc1ccc(OCc2ccccc2C(=O)O)cc1. The summed E-state index contributed by atoms with van der Waals surface area (Å²) in [4.78, 5) is 26.4. The number of ether oxygens (including phenoxy) is 3. The minimum Gasteiger partial charge on any atom is -0.493 e. The van der Waals surface area contributed by atoms with Crippen LogP contribution < -0.4 is 14.2 Å². The number of hydrogen-bond donors (Lipinski definition) is 1. The summed E-state index contributed by atoms with van der Waals surface area (Å²) < 4.78 is 16.8. The van der Waals surface area contributed by atoms with Crippen LogP contribution >= 0.6 is 0 Å². The van der Waals surface area contributed by atoms with Gasteiger partial charge >= 0.3 is 5.97 Å². The fourth-order valence-electron chi connectivity index (χ4n) is 4.10. The Balaban J connectivity index is 1.59. The molecule has 37 heavy (non-hydrogen) atoms. The zero-order valence-electron chi connectivity index (χ0n) is 21.7. The minimum atomic E-state index is -0.975. The Bertz CT molecular complexity index is 1170. The van der Waals surface area contributed by atoms with E-state index in [1.54, 1.807) is 38.5 Å². The van der Waals surface area contributed by atoms with E-state index in [2.05, 4.69) is 6.92 Å². The number of hydrogen-bond acceptors (Lipinski definition) is 5. The molecule has 0 radical (unpaired) electrons. The predicted octanol–water partition coefficient (Wildman–Crippen LogP) is 5.74. The van der Waals surface area contributed by atoms with Crippen LogP contribution in [-0.2, 0) is 24.4 Å². The predicted molar refractivity (Wildman–Crippen MR) is 142 cm³/mol. The molecule has 0 saturated carbocycles. The largest absolute Gasteiger partial charge is 0.493 e. The highest BCUT2D eigenvalue weighted by atomic mass is 16.5. The number of aromatic carboxylic acids is 1. The van der Waals surface area contributed by atoms with Crippen LogP contribution in [0.4, 0.5) is 0 Å². The number of benzene rings is 3. The number of carbonyl (C=O) groups is 2. The van der Waals surface area contributed by atoms with Crippen molar-refractivity contribution in [3.63, 3.8) is 0 Å². The van der Waals surface area contributed by atoms with Crippen molar-refractivity contribution in [1.29, 1.82) is 0 Å². The van der Waals surface area contributed by atoms with Crippen LogP contribution in [0.15, 0.2) is 66.7 Å². The number of rotatable bonds is 14. The molecule has 0 aliphatic carbocycles. The quantitative estimate of drug-likeness (QED) is 0.301. The molecule has 0 atom stereocenters. The van der Waals surface area contributed by atoms with Crippen LogP contribution in [-0.4, -0.2) is 42.6 Å². The van der Waals surface area contributed by atoms with Gasteiger partial charge in [-0.3, -0.25) is 4.79 Å². The fourth-order valence-corrected chi connectivity index (χ4v) is 4.10. The number of methoxy groups -OCH3 is 2. The molecule has 3 aromatic rings. The average Bonchev–Trinajstić information content (AvgIpc) is 2.93. The number of unbranched alkanes of at least 4 members (excludes halogenated alkanes) is 1. The highest BCUT2D eigenvalue weighted by molar-refractivity contribution is 5.89. The molecular weight excluding hydrogens is 470 g/mol. The summed E-state index contributed by atoms with van der Waals surface area (Å²) in [5.41, 5.74) is 2.79. The van der Waals surface area contributed by atoms with Crippen LogP contribution in [0.5, 0.6) is 17.2 Å². The van der Waals surface area contributed by atoms with E-state index in [1.807, 2.05) is 47.4 Å². The van der Waals surface area contributed by atoms with Crippen molar-refractivity contribution in [2.75, 3.05) is 20.8 Å². The molecule has 0 aliphatic heterocycles. The van der Waals surface area contributed by atoms with Crippen molar-refractivity contribution >= 4 is 11.9 Å². The lowest BCUT2D eigenvalue weighted by atomic mass is 10.1. The first-order valence-electron chi connectivity index (χ1n) is 12.5.